The number of carbonyl (C=O) groups is 1. The average molecular weight is 350 g/mol. The Labute approximate surface area is 140 Å². The first-order valence-corrected chi connectivity index (χ1v) is 10.6. The highest BCUT2D eigenvalue weighted by molar-refractivity contribution is 6.60. The molecule has 136 valence electrons. The summed E-state index contributed by atoms with van der Waals surface area (Å²) in [5, 5.41) is 2.74. The van der Waals surface area contributed by atoms with Gasteiger partial charge in [0.15, 0.2) is 0 Å². The summed E-state index contributed by atoms with van der Waals surface area (Å²) in [6.45, 7) is 8.61. The standard InChI is InChI=1S/C15H31NO6Si/c1-4-19-23(20-5-2,21-6-3)13-9-11-16-15(17)22-14-10-7-8-12-18-14/h14H,4-13H2,1-3H3,(H,16,17). The van der Waals surface area contributed by atoms with Crippen molar-refractivity contribution in [2.45, 2.75) is 58.8 Å². The third kappa shape index (κ3) is 8.12. The van der Waals surface area contributed by atoms with Gasteiger partial charge >= 0.3 is 14.9 Å². The van der Waals surface area contributed by atoms with E-state index < -0.39 is 21.2 Å². The van der Waals surface area contributed by atoms with Gasteiger partial charge in [-0.1, -0.05) is 0 Å². The molecule has 1 aliphatic heterocycles. The van der Waals surface area contributed by atoms with Gasteiger partial charge in [-0.15, -0.1) is 0 Å². The fourth-order valence-electron chi connectivity index (χ4n) is 2.46. The predicted molar refractivity (Wildman–Crippen MR) is 88.1 cm³/mol. The lowest BCUT2D eigenvalue weighted by Gasteiger charge is -2.28. The maximum Gasteiger partial charge on any atom is 0.500 e. The molecular weight excluding hydrogens is 318 g/mol. The highest BCUT2D eigenvalue weighted by atomic mass is 28.4. The topological polar surface area (TPSA) is 75.3 Å². The molecule has 23 heavy (non-hydrogen) atoms. The zero-order valence-electron chi connectivity index (χ0n) is 14.6. The summed E-state index contributed by atoms with van der Waals surface area (Å²) in [7, 11) is -2.63. The van der Waals surface area contributed by atoms with E-state index in [1.54, 1.807) is 0 Å². The van der Waals surface area contributed by atoms with Crippen molar-refractivity contribution in [3.8, 4) is 0 Å². The van der Waals surface area contributed by atoms with Crippen molar-refractivity contribution in [1.29, 1.82) is 0 Å². The summed E-state index contributed by atoms with van der Waals surface area (Å²) >= 11 is 0. The van der Waals surface area contributed by atoms with E-state index in [4.69, 9.17) is 22.8 Å². The fourth-order valence-corrected chi connectivity index (χ4v) is 5.07. The first kappa shape index (κ1) is 20.4. The highest BCUT2D eigenvalue weighted by Gasteiger charge is 2.39. The van der Waals surface area contributed by atoms with Gasteiger partial charge in [0.2, 0.25) is 6.29 Å². The van der Waals surface area contributed by atoms with E-state index in [9.17, 15) is 4.79 Å². The number of nitrogens with one attached hydrogen (secondary N) is 1. The minimum atomic E-state index is -2.63. The van der Waals surface area contributed by atoms with Crippen LogP contribution in [-0.4, -0.2) is 54.2 Å². The van der Waals surface area contributed by atoms with Crippen molar-refractivity contribution in [3.05, 3.63) is 0 Å². The minimum absolute atomic E-state index is 0.410. The molecule has 1 rings (SSSR count). The summed E-state index contributed by atoms with van der Waals surface area (Å²) in [6.07, 6.45) is 2.69. The molecule has 0 spiro atoms. The smallest absolute Gasteiger partial charge is 0.420 e. The molecule has 1 amide bonds. The zero-order valence-corrected chi connectivity index (χ0v) is 15.6. The van der Waals surface area contributed by atoms with E-state index in [1.165, 1.54) is 0 Å². The summed E-state index contributed by atoms with van der Waals surface area (Å²) in [4.78, 5) is 11.7. The Kier molecular flexibility index (Phi) is 10.5. The Morgan fingerprint density at radius 1 is 1.13 bits per heavy atom. The first-order valence-electron chi connectivity index (χ1n) is 8.63. The molecule has 0 radical (unpaired) electrons. The van der Waals surface area contributed by atoms with Crippen LogP contribution in [-0.2, 0) is 22.8 Å². The maximum atomic E-state index is 11.7. The molecule has 0 aromatic heterocycles. The van der Waals surface area contributed by atoms with Crippen LogP contribution in [0.15, 0.2) is 0 Å². The van der Waals surface area contributed by atoms with Crippen molar-refractivity contribution >= 4 is 14.9 Å². The maximum absolute atomic E-state index is 11.7. The predicted octanol–water partition coefficient (Wildman–Crippen LogP) is 2.68. The Bertz CT molecular complexity index is 308. The van der Waals surface area contributed by atoms with Gasteiger partial charge in [0.1, 0.15) is 0 Å². The average Bonchev–Trinajstić information content (AvgIpc) is 2.53. The Morgan fingerprint density at radius 2 is 1.78 bits per heavy atom. The molecule has 1 N–H and O–H groups in total. The van der Waals surface area contributed by atoms with Crippen LogP contribution in [0, 0.1) is 0 Å². The van der Waals surface area contributed by atoms with E-state index >= 15 is 0 Å². The number of carbonyl (C=O) groups excluding carboxylic acids is 1. The number of rotatable bonds is 11. The summed E-state index contributed by atoms with van der Waals surface area (Å²) < 4.78 is 27.9. The highest BCUT2D eigenvalue weighted by Crippen LogP contribution is 2.18. The summed E-state index contributed by atoms with van der Waals surface area (Å²) in [6, 6.07) is 0.669. The SMILES string of the molecule is CCO[Si](CCCNC(=O)OC1CCCCO1)(OCC)OCC. The van der Waals surface area contributed by atoms with Gasteiger partial charge in [-0.2, -0.15) is 0 Å². The molecule has 0 aromatic rings. The van der Waals surface area contributed by atoms with Crippen LogP contribution in [0.2, 0.25) is 6.04 Å². The van der Waals surface area contributed by atoms with E-state index in [1.807, 2.05) is 20.8 Å². The molecule has 0 aliphatic carbocycles. The molecular formula is C15H31NO6Si. The molecule has 1 atom stereocenters. The number of hydrogen-bond acceptors (Lipinski definition) is 6. The normalized spacial score (nSPS) is 18.7. The Hall–Kier alpha value is -0.673. The first-order chi connectivity index (χ1) is 11.2. The van der Waals surface area contributed by atoms with Crippen LogP contribution in [0.5, 0.6) is 0 Å². The lowest BCUT2D eigenvalue weighted by molar-refractivity contribution is -0.126. The third-order valence-corrected chi connectivity index (χ3v) is 6.55. The van der Waals surface area contributed by atoms with Crippen molar-refractivity contribution in [2.75, 3.05) is 33.0 Å². The fraction of sp³-hybridized carbons (Fsp3) is 0.933. The van der Waals surface area contributed by atoms with E-state index in [2.05, 4.69) is 5.32 Å². The van der Waals surface area contributed by atoms with Gasteiger partial charge in [-0.25, -0.2) is 4.79 Å². The van der Waals surface area contributed by atoms with Gasteiger partial charge in [0.25, 0.3) is 0 Å². The lowest BCUT2D eigenvalue weighted by Crippen LogP contribution is -2.46. The van der Waals surface area contributed by atoms with Crippen molar-refractivity contribution in [2.24, 2.45) is 0 Å². The lowest BCUT2D eigenvalue weighted by atomic mass is 10.2. The van der Waals surface area contributed by atoms with Crippen LogP contribution in [0.4, 0.5) is 4.79 Å². The molecule has 0 saturated carbocycles. The van der Waals surface area contributed by atoms with Crippen molar-refractivity contribution in [3.63, 3.8) is 0 Å². The quantitative estimate of drug-likeness (QED) is 0.456. The number of alkyl carbamates (subject to hydrolysis) is 1. The molecule has 1 fully saturated rings. The van der Waals surface area contributed by atoms with Crippen LogP contribution >= 0.6 is 0 Å². The second kappa shape index (κ2) is 11.8. The van der Waals surface area contributed by atoms with Crippen molar-refractivity contribution in [1.82, 2.24) is 5.32 Å². The van der Waals surface area contributed by atoms with E-state index in [0.717, 1.165) is 19.3 Å². The van der Waals surface area contributed by atoms with Gasteiger partial charge in [-0.3, -0.25) is 0 Å². The number of amides is 1. The van der Waals surface area contributed by atoms with Gasteiger partial charge in [0, 0.05) is 38.8 Å². The molecule has 1 aliphatic rings. The minimum Gasteiger partial charge on any atom is -0.420 e. The van der Waals surface area contributed by atoms with E-state index in [-0.39, 0.29) is 0 Å². The second-order valence-electron chi connectivity index (χ2n) is 5.21. The number of ether oxygens (including phenoxy) is 2. The van der Waals surface area contributed by atoms with Gasteiger partial charge < -0.3 is 28.1 Å². The molecule has 0 bridgehead atoms. The van der Waals surface area contributed by atoms with Crippen molar-refractivity contribution < 1.29 is 27.5 Å². The molecule has 0 aromatic carbocycles. The molecule has 1 heterocycles. The van der Waals surface area contributed by atoms with Gasteiger partial charge in [0.05, 0.1) is 6.61 Å². The Balaban J connectivity index is 2.27. The van der Waals surface area contributed by atoms with Crippen LogP contribution in [0.1, 0.15) is 46.5 Å². The molecule has 1 saturated heterocycles. The molecule has 1 unspecified atom stereocenters. The van der Waals surface area contributed by atoms with E-state index in [0.29, 0.717) is 45.4 Å². The van der Waals surface area contributed by atoms with Crippen LogP contribution in [0.3, 0.4) is 0 Å². The largest absolute Gasteiger partial charge is 0.500 e. The van der Waals surface area contributed by atoms with Gasteiger partial charge in [-0.05, 0) is 40.0 Å². The zero-order chi connectivity index (χ0) is 17.0. The van der Waals surface area contributed by atoms with Crippen LogP contribution < -0.4 is 5.32 Å². The summed E-state index contributed by atoms with van der Waals surface area (Å²) in [5.74, 6) is 0. The molecule has 7 nitrogen and oxygen atoms in total. The third-order valence-electron chi connectivity index (χ3n) is 3.40. The molecule has 8 heteroatoms. The second-order valence-corrected chi connectivity index (χ2v) is 7.95. The summed E-state index contributed by atoms with van der Waals surface area (Å²) in [5.41, 5.74) is 0. The Morgan fingerprint density at radius 3 is 2.30 bits per heavy atom. The monoisotopic (exact) mass is 349 g/mol. The number of hydrogen-bond donors (Lipinski definition) is 1. The van der Waals surface area contributed by atoms with Crippen LogP contribution in [0.25, 0.3) is 0 Å².